The van der Waals surface area contributed by atoms with Gasteiger partial charge in [0.2, 0.25) is 0 Å². The highest BCUT2D eigenvalue weighted by Crippen LogP contribution is 2.28. The lowest BCUT2D eigenvalue weighted by atomic mass is 10.1. The summed E-state index contributed by atoms with van der Waals surface area (Å²) in [6, 6.07) is 25.6. The molecule has 3 rings (SSSR count). The van der Waals surface area contributed by atoms with Crippen molar-refractivity contribution in [1.29, 1.82) is 0 Å². The summed E-state index contributed by atoms with van der Waals surface area (Å²) in [5, 5.41) is 0. The first-order valence-electron chi connectivity index (χ1n) is 8.97. The second-order valence-corrected chi connectivity index (χ2v) is 7.80. The van der Waals surface area contributed by atoms with Crippen LogP contribution >= 0.6 is 0 Å². The average Bonchev–Trinajstić information content (AvgIpc) is 2.73. The number of ether oxygens (including phenoxy) is 1. The monoisotopic (exact) mass is 393 g/mol. The molecule has 1 atom stereocenters. The van der Waals surface area contributed by atoms with Crippen LogP contribution in [0.2, 0.25) is 0 Å². The van der Waals surface area contributed by atoms with E-state index in [-0.39, 0.29) is 0 Å². The van der Waals surface area contributed by atoms with E-state index < -0.39 is 16.8 Å². The van der Waals surface area contributed by atoms with E-state index in [1.54, 1.807) is 18.4 Å². The van der Waals surface area contributed by atoms with Gasteiger partial charge in [0.05, 0.1) is 34.1 Å². The lowest BCUT2D eigenvalue weighted by Gasteiger charge is -2.27. The molecule has 0 amide bonds. The number of hydrogen-bond acceptors (Lipinski definition) is 4. The highest BCUT2D eigenvalue weighted by atomic mass is 32.2. The summed E-state index contributed by atoms with van der Waals surface area (Å²) in [5.41, 5.74) is 3.56. The number of nitrogens with zero attached hydrogens (tertiary/aromatic N) is 1. The third kappa shape index (κ3) is 4.87. The van der Waals surface area contributed by atoms with E-state index in [2.05, 4.69) is 29.2 Å². The van der Waals surface area contributed by atoms with Crippen LogP contribution in [0.15, 0.2) is 83.8 Å². The van der Waals surface area contributed by atoms with Gasteiger partial charge >= 0.3 is 5.97 Å². The SMILES string of the molecule is COC(=O)c1ccc(N(Cc2ccccc2)Cc2ccccc2)c(S(C)=O)c1. The summed E-state index contributed by atoms with van der Waals surface area (Å²) in [4.78, 5) is 14.7. The van der Waals surface area contributed by atoms with E-state index in [0.717, 1.165) is 16.8 Å². The summed E-state index contributed by atoms with van der Waals surface area (Å²) in [6.07, 6.45) is 1.63. The van der Waals surface area contributed by atoms with Gasteiger partial charge in [-0.15, -0.1) is 0 Å². The molecule has 0 bridgehead atoms. The molecule has 0 aliphatic heterocycles. The fraction of sp³-hybridized carbons (Fsp3) is 0.174. The van der Waals surface area contributed by atoms with Crippen molar-refractivity contribution in [2.75, 3.05) is 18.3 Å². The number of benzene rings is 3. The van der Waals surface area contributed by atoms with Gasteiger partial charge in [0, 0.05) is 19.3 Å². The maximum Gasteiger partial charge on any atom is 0.337 e. The first-order valence-corrected chi connectivity index (χ1v) is 10.5. The molecule has 0 radical (unpaired) electrons. The normalized spacial score (nSPS) is 11.6. The lowest BCUT2D eigenvalue weighted by Crippen LogP contribution is -2.23. The molecule has 0 aliphatic carbocycles. The minimum atomic E-state index is -1.26. The van der Waals surface area contributed by atoms with Crippen molar-refractivity contribution in [3.8, 4) is 0 Å². The van der Waals surface area contributed by atoms with Crippen molar-refractivity contribution in [1.82, 2.24) is 0 Å². The minimum Gasteiger partial charge on any atom is -0.465 e. The third-order valence-electron chi connectivity index (χ3n) is 4.46. The Balaban J connectivity index is 2.03. The van der Waals surface area contributed by atoms with Crippen LogP contribution in [0.1, 0.15) is 21.5 Å². The van der Waals surface area contributed by atoms with Gasteiger partial charge in [0.15, 0.2) is 0 Å². The van der Waals surface area contributed by atoms with Crippen LogP contribution in [-0.2, 0) is 28.6 Å². The number of esters is 1. The van der Waals surface area contributed by atoms with Crippen LogP contribution in [0.4, 0.5) is 5.69 Å². The molecule has 0 aromatic heterocycles. The Bertz CT molecular complexity index is 917. The predicted octanol–water partition coefficient (Wildman–Crippen LogP) is 4.42. The Kier molecular flexibility index (Phi) is 6.61. The van der Waals surface area contributed by atoms with Crippen molar-refractivity contribution in [3.05, 3.63) is 95.6 Å². The summed E-state index contributed by atoms with van der Waals surface area (Å²) in [7, 11) is 0.0879. The lowest BCUT2D eigenvalue weighted by molar-refractivity contribution is 0.0600. The molecule has 28 heavy (non-hydrogen) atoms. The van der Waals surface area contributed by atoms with Gasteiger partial charge in [-0.05, 0) is 29.3 Å². The van der Waals surface area contributed by atoms with Crippen LogP contribution in [0.5, 0.6) is 0 Å². The Morgan fingerprint density at radius 3 is 1.89 bits per heavy atom. The molecular formula is C23H23NO3S. The Labute approximate surface area is 168 Å². The topological polar surface area (TPSA) is 46.6 Å². The van der Waals surface area contributed by atoms with Crippen molar-refractivity contribution in [2.45, 2.75) is 18.0 Å². The molecule has 4 nitrogen and oxygen atoms in total. The highest BCUT2D eigenvalue weighted by molar-refractivity contribution is 7.84. The molecule has 1 unspecified atom stereocenters. The van der Waals surface area contributed by atoms with Crippen molar-refractivity contribution < 1.29 is 13.7 Å². The Hall–Kier alpha value is -2.92. The first-order chi connectivity index (χ1) is 13.6. The van der Waals surface area contributed by atoms with E-state index in [0.29, 0.717) is 23.5 Å². The van der Waals surface area contributed by atoms with Gasteiger partial charge in [-0.2, -0.15) is 0 Å². The number of anilines is 1. The first kappa shape index (κ1) is 19.8. The van der Waals surface area contributed by atoms with Gasteiger partial charge in [0.25, 0.3) is 0 Å². The highest BCUT2D eigenvalue weighted by Gasteiger charge is 2.18. The van der Waals surface area contributed by atoms with E-state index in [4.69, 9.17) is 4.74 Å². The largest absolute Gasteiger partial charge is 0.465 e. The van der Waals surface area contributed by atoms with Crippen molar-refractivity contribution in [2.24, 2.45) is 0 Å². The zero-order valence-corrected chi connectivity index (χ0v) is 16.8. The molecule has 0 saturated carbocycles. The zero-order valence-electron chi connectivity index (χ0n) is 16.0. The van der Waals surface area contributed by atoms with Crippen LogP contribution in [0, 0.1) is 0 Å². The van der Waals surface area contributed by atoms with Gasteiger partial charge in [-0.3, -0.25) is 4.21 Å². The number of carbonyl (C=O) groups excluding carboxylic acids is 1. The van der Waals surface area contributed by atoms with Gasteiger partial charge in [-0.1, -0.05) is 60.7 Å². The molecule has 0 fully saturated rings. The summed E-state index contributed by atoms with van der Waals surface area (Å²) >= 11 is 0. The van der Waals surface area contributed by atoms with E-state index >= 15 is 0 Å². The van der Waals surface area contributed by atoms with E-state index in [9.17, 15) is 9.00 Å². The number of carbonyl (C=O) groups is 1. The van der Waals surface area contributed by atoms with Crippen molar-refractivity contribution in [3.63, 3.8) is 0 Å². The minimum absolute atomic E-state index is 0.399. The number of hydrogen-bond donors (Lipinski definition) is 0. The molecule has 0 heterocycles. The van der Waals surface area contributed by atoms with E-state index in [1.165, 1.54) is 7.11 Å². The second-order valence-electron chi connectivity index (χ2n) is 6.46. The summed E-state index contributed by atoms with van der Waals surface area (Å²) in [5.74, 6) is -0.434. The fourth-order valence-corrected chi connectivity index (χ4v) is 3.87. The number of methoxy groups -OCH3 is 1. The summed E-state index contributed by atoms with van der Waals surface area (Å²) in [6.45, 7) is 1.33. The third-order valence-corrected chi connectivity index (χ3v) is 5.41. The molecule has 3 aromatic rings. The smallest absolute Gasteiger partial charge is 0.337 e. The van der Waals surface area contributed by atoms with Gasteiger partial charge in [0.1, 0.15) is 0 Å². The van der Waals surface area contributed by atoms with Gasteiger partial charge < -0.3 is 9.64 Å². The van der Waals surface area contributed by atoms with Gasteiger partial charge in [-0.25, -0.2) is 4.79 Å². The average molecular weight is 394 g/mol. The van der Waals surface area contributed by atoms with Crippen LogP contribution in [-0.4, -0.2) is 23.5 Å². The predicted molar refractivity (Wildman–Crippen MR) is 113 cm³/mol. The fourth-order valence-electron chi connectivity index (χ4n) is 3.08. The number of rotatable bonds is 7. The van der Waals surface area contributed by atoms with E-state index in [1.807, 2.05) is 42.5 Å². The maximum absolute atomic E-state index is 12.5. The Morgan fingerprint density at radius 1 is 0.893 bits per heavy atom. The molecule has 0 N–H and O–H groups in total. The zero-order chi connectivity index (χ0) is 19.9. The molecule has 0 saturated heterocycles. The molecule has 144 valence electrons. The van der Waals surface area contributed by atoms with Crippen LogP contribution < -0.4 is 4.90 Å². The molecule has 3 aromatic carbocycles. The maximum atomic E-state index is 12.5. The Morgan fingerprint density at radius 2 is 1.43 bits per heavy atom. The standard InChI is InChI=1S/C23H23NO3S/c1-27-23(25)20-13-14-21(22(15-20)28(2)26)24(16-18-9-5-3-6-10-18)17-19-11-7-4-8-12-19/h3-15H,16-17H2,1-2H3. The summed E-state index contributed by atoms with van der Waals surface area (Å²) < 4.78 is 17.3. The molecule has 5 heteroatoms. The molecule has 0 aliphatic rings. The van der Waals surface area contributed by atoms with Crippen LogP contribution in [0.25, 0.3) is 0 Å². The van der Waals surface area contributed by atoms with Crippen molar-refractivity contribution >= 4 is 22.5 Å². The molecule has 0 spiro atoms. The second kappa shape index (κ2) is 9.33. The van der Waals surface area contributed by atoms with Crippen LogP contribution in [0.3, 0.4) is 0 Å². The quantitative estimate of drug-likeness (QED) is 0.558. The molecular weight excluding hydrogens is 370 g/mol.